The number of aliphatic carboxylic acids is 1. The van der Waals surface area contributed by atoms with E-state index in [0.29, 0.717) is 0 Å². The van der Waals surface area contributed by atoms with Gasteiger partial charge in [-0.15, -0.1) is 5.10 Å². The Kier molecular flexibility index (Phi) is 5.21. The van der Waals surface area contributed by atoms with Gasteiger partial charge in [0.1, 0.15) is 0 Å². The summed E-state index contributed by atoms with van der Waals surface area (Å²) in [6.45, 7) is 0.459. The molecule has 0 radical (unpaired) electrons. The topological polar surface area (TPSA) is 116 Å². The minimum atomic E-state index is -4.49. The number of amides is 2. The number of alkyl halides is 3. The molecule has 11 heteroatoms. The van der Waals surface area contributed by atoms with Gasteiger partial charge in [0.05, 0.1) is 17.8 Å². The number of benzene rings is 1. The highest BCUT2D eigenvalue weighted by Crippen LogP contribution is 2.30. The van der Waals surface area contributed by atoms with Gasteiger partial charge in [-0.2, -0.15) is 13.2 Å². The molecule has 0 fully saturated rings. The number of urea groups is 1. The number of carboxylic acids is 1. The van der Waals surface area contributed by atoms with Crippen LogP contribution in [0.4, 0.5) is 23.8 Å². The van der Waals surface area contributed by atoms with Gasteiger partial charge in [-0.05, 0) is 25.1 Å². The molecule has 1 atom stereocenters. The third-order valence-electron chi connectivity index (χ3n) is 3.32. The number of hydrogen-bond acceptors (Lipinski definition) is 4. The van der Waals surface area contributed by atoms with Crippen molar-refractivity contribution in [3.8, 4) is 5.69 Å². The fraction of sp³-hybridized carbons (Fsp3) is 0.267. The average molecular weight is 372 g/mol. The SMILES string of the molecule is CC(O)(CNC(=O)Nc1ccn(-c2cccc(C(F)(F)F)c2)n1)C(=O)O. The number of carboxylic acid groups (broad SMARTS) is 1. The summed E-state index contributed by atoms with van der Waals surface area (Å²) in [6, 6.07) is 4.98. The van der Waals surface area contributed by atoms with Crippen LogP contribution in [0.3, 0.4) is 0 Å². The first kappa shape index (κ1) is 19.2. The highest BCUT2D eigenvalue weighted by atomic mass is 19.4. The minimum Gasteiger partial charge on any atom is -0.479 e. The van der Waals surface area contributed by atoms with E-state index in [-0.39, 0.29) is 11.5 Å². The van der Waals surface area contributed by atoms with Gasteiger partial charge >= 0.3 is 18.2 Å². The van der Waals surface area contributed by atoms with Gasteiger partial charge in [0, 0.05) is 12.3 Å². The molecule has 1 heterocycles. The fourth-order valence-electron chi connectivity index (χ4n) is 1.85. The Labute approximate surface area is 145 Å². The molecule has 4 N–H and O–H groups in total. The molecule has 1 aromatic carbocycles. The first-order chi connectivity index (χ1) is 12.0. The van der Waals surface area contributed by atoms with Gasteiger partial charge in [0.2, 0.25) is 0 Å². The molecule has 0 aliphatic carbocycles. The molecule has 0 saturated carbocycles. The van der Waals surface area contributed by atoms with Crippen molar-refractivity contribution in [2.24, 2.45) is 0 Å². The van der Waals surface area contributed by atoms with Crippen LogP contribution in [0.2, 0.25) is 0 Å². The van der Waals surface area contributed by atoms with Crippen molar-refractivity contribution in [1.29, 1.82) is 0 Å². The molecular weight excluding hydrogens is 357 g/mol. The number of aliphatic hydroxyl groups is 1. The highest BCUT2D eigenvalue weighted by molar-refractivity contribution is 5.89. The predicted molar refractivity (Wildman–Crippen MR) is 83.8 cm³/mol. The monoisotopic (exact) mass is 372 g/mol. The van der Waals surface area contributed by atoms with Gasteiger partial charge in [-0.25, -0.2) is 14.3 Å². The second kappa shape index (κ2) is 7.04. The summed E-state index contributed by atoms with van der Waals surface area (Å²) in [7, 11) is 0. The maximum Gasteiger partial charge on any atom is 0.416 e. The number of hydrogen-bond donors (Lipinski definition) is 4. The van der Waals surface area contributed by atoms with Gasteiger partial charge in [0.25, 0.3) is 0 Å². The van der Waals surface area contributed by atoms with Crippen LogP contribution in [-0.4, -0.2) is 44.1 Å². The summed E-state index contributed by atoms with van der Waals surface area (Å²) in [6.07, 6.45) is -3.15. The van der Waals surface area contributed by atoms with Crippen molar-refractivity contribution >= 4 is 17.8 Å². The molecule has 0 aliphatic heterocycles. The first-order valence-corrected chi connectivity index (χ1v) is 7.23. The summed E-state index contributed by atoms with van der Waals surface area (Å²) in [5, 5.41) is 26.6. The van der Waals surface area contributed by atoms with E-state index in [9.17, 15) is 27.9 Å². The average Bonchev–Trinajstić information content (AvgIpc) is 3.01. The van der Waals surface area contributed by atoms with Gasteiger partial charge < -0.3 is 15.5 Å². The molecule has 0 saturated heterocycles. The Morgan fingerprint density at radius 2 is 1.96 bits per heavy atom. The number of rotatable bonds is 5. The van der Waals surface area contributed by atoms with Crippen molar-refractivity contribution in [2.45, 2.75) is 18.7 Å². The Bertz CT molecular complexity index is 817. The second-order valence-corrected chi connectivity index (χ2v) is 5.58. The van der Waals surface area contributed by atoms with E-state index in [4.69, 9.17) is 5.11 Å². The Balaban J connectivity index is 2.04. The largest absolute Gasteiger partial charge is 0.479 e. The van der Waals surface area contributed by atoms with Crippen LogP contribution in [0.5, 0.6) is 0 Å². The quantitative estimate of drug-likeness (QED) is 0.639. The Hall–Kier alpha value is -3.08. The summed E-state index contributed by atoms with van der Waals surface area (Å²) in [5.74, 6) is -1.48. The van der Waals surface area contributed by atoms with Crippen LogP contribution in [0.15, 0.2) is 36.5 Å². The molecule has 2 amide bonds. The van der Waals surface area contributed by atoms with E-state index < -0.39 is 35.9 Å². The molecule has 0 bridgehead atoms. The number of halogens is 3. The molecule has 0 spiro atoms. The number of anilines is 1. The van der Waals surface area contributed by atoms with Crippen LogP contribution in [-0.2, 0) is 11.0 Å². The van der Waals surface area contributed by atoms with Crippen LogP contribution in [0.25, 0.3) is 5.69 Å². The molecule has 2 aromatic rings. The van der Waals surface area contributed by atoms with Crippen LogP contribution >= 0.6 is 0 Å². The highest BCUT2D eigenvalue weighted by Gasteiger charge is 2.31. The van der Waals surface area contributed by atoms with Gasteiger partial charge in [-0.3, -0.25) is 5.32 Å². The molecule has 140 valence electrons. The summed E-state index contributed by atoms with van der Waals surface area (Å²) in [5.41, 5.74) is -2.84. The lowest BCUT2D eigenvalue weighted by Crippen LogP contribution is -2.47. The lowest BCUT2D eigenvalue weighted by atomic mass is 10.1. The van der Waals surface area contributed by atoms with E-state index in [1.54, 1.807) is 0 Å². The number of carbonyl (C=O) groups is 2. The second-order valence-electron chi connectivity index (χ2n) is 5.58. The summed E-state index contributed by atoms with van der Waals surface area (Å²) < 4.78 is 39.4. The van der Waals surface area contributed by atoms with Crippen LogP contribution in [0.1, 0.15) is 12.5 Å². The number of carbonyl (C=O) groups excluding carboxylic acids is 1. The first-order valence-electron chi connectivity index (χ1n) is 7.23. The number of aromatic nitrogens is 2. The van der Waals surface area contributed by atoms with E-state index >= 15 is 0 Å². The zero-order valence-corrected chi connectivity index (χ0v) is 13.4. The Morgan fingerprint density at radius 3 is 2.58 bits per heavy atom. The zero-order valence-electron chi connectivity index (χ0n) is 13.4. The van der Waals surface area contributed by atoms with Crippen molar-refractivity contribution in [2.75, 3.05) is 11.9 Å². The molecular formula is C15H15F3N4O4. The van der Waals surface area contributed by atoms with Crippen molar-refractivity contribution in [3.05, 3.63) is 42.1 Å². The van der Waals surface area contributed by atoms with Crippen LogP contribution in [0, 0.1) is 0 Å². The molecule has 0 aliphatic rings. The summed E-state index contributed by atoms with van der Waals surface area (Å²) >= 11 is 0. The van der Waals surface area contributed by atoms with Crippen molar-refractivity contribution in [3.63, 3.8) is 0 Å². The lowest BCUT2D eigenvalue weighted by Gasteiger charge is -2.18. The number of nitrogens with zero attached hydrogens (tertiary/aromatic N) is 2. The fourth-order valence-corrected chi connectivity index (χ4v) is 1.85. The predicted octanol–water partition coefficient (Wildman–Crippen LogP) is 1.85. The van der Waals surface area contributed by atoms with Crippen molar-refractivity contribution in [1.82, 2.24) is 15.1 Å². The zero-order chi connectivity index (χ0) is 19.5. The third kappa shape index (κ3) is 4.72. The maximum absolute atomic E-state index is 12.7. The standard InChI is InChI=1S/C15H15F3N4O4/c1-14(26,12(23)24)8-19-13(25)20-11-5-6-22(21-11)10-4-2-3-9(7-10)15(16,17)18/h2-7,26H,8H2,1H3,(H,23,24)(H2,19,20,21,25). The molecule has 2 rings (SSSR count). The molecule has 8 nitrogen and oxygen atoms in total. The third-order valence-corrected chi connectivity index (χ3v) is 3.32. The molecule has 1 aromatic heterocycles. The van der Waals surface area contributed by atoms with Gasteiger partial charge in [0.15, 0.2) is 11.4 Å². The maximum atomic E-state index is 12.7. The molecule has 26 heavy (non-hydrogen) atoms. The summed E-state index contributed by atoms with van der Waals surface area (Å²) in [4.78, 5) is 22.4. The van der Waals surface area contributed by atoms with E-state index in [1.165, 1.54) is 24.4 Å². The van der Waals surface area contributed by atoms with Gasteiger partial charge in [-0.1, -0.05) is 6.07 Å². The molecule has 1 unspecified atom stereocenters. The minimum absolute atomic E-state index is 0.0230. The smallest absolute Gasteiger partial charge is 0.416 e. The van der Waals surface area contributed by atoms with E-state index in [1.807, 2.05) is 0 Å². The lowest BCUT2D eigenvalue weighted by molar-refractivity contribution is -0.155. The number of nitrogens with one attached hydrogen (secondary N) is 2. The normalized spacial score (nSPS) is 13.7. The van der Waals surface area contributed by atoms with Crippen molar-refractivity contribution < 1.29 is 33.0 Å². The van der Waals surface area contributed by atoms with E-state index in [0.717, 1.165) is 23.7 Å². The van der Waals surface area contributed by atoms with E-state index in [2.05, 4.69) is 15.7 Å². The Morgan fingerprint density at radius 1 is 1.27 bits per heavy atom. The van der Waals surface area contributed by atoms with Crippen LogP contribution < -0.4 is 10.6 Å².